The van der Waals surface area contributed by atoms with Gasteiger partial charge in [0, 0.05) is 0 Å². The van der Waals surface area contributed by atoms with Crippen molar-refractivity contribution in [3.63, 3.8) is 0 Å². The molecular weight excluding hydrogens is 354 g/mol. The first-order valence-electron chi connectivity index (χ1n) is 7.84. The lowest BCUT2D eigenvalue weighted by molar-refractivity contribution is -0.136. The summed E-state index contributed by atoms with van der Waals surface area (Å²) >= 11 is 0. The van der Waals surface area contributed by atoms with Crippen LogP contribution in [0.5, 0.6) is 5.75 Å². The quantitative estimate of drug-likeness (QED) is 0.517. The van der Waals surface area contributed by atoms with Crippen molar-refractivity contribution in [2.75, 3.05) is 12.4 Å². The number of phenols is 1. The highest BCUT2D eigenvalue weighted by Crippen LogP contribution is 2.37. The van der Waals surface area contributed by atoms with Crippen molar-refractivity contribution >= 4 is 17.7 Å². The highest BCUT2D eigenvalue weighted by molar-refractivity contribution is 6.13. The zero-order valence-corrected chi connectivity index (χ0v) is 14.0. The molecular formula is C17H13N5O5. The fourth-order valence-electron chi connectivity index (χ4n) is 2.89. The number of ketones is 1. The Hall–Kier alpha value is -3.95. The van der Waals surface area contributed by atoms with E-state index in [0.717, 1.165) is 0 Å². The maximum Gasteiger partial charge on any atom is 0.355 e. The number of Topliss-reactive ketones (excluding diaryl/α,β-unsaturated/α-hetero) is 1. The number of furan rings is 1. The van der Waals surface area contributed by atoms with Crippen LogP contribution in [0.4, 0.5) is 5.95 Å². The second-order valence-electron chi connectivity index (χ2n) is 5.65. The number of carbonyl (C=O) groups is 2. The van der Waals surface area contributed by atoms with Crippen molar-refractivity contribution in [2.24, 2.45) is 0 Å². The van der Waals surface area contributed by atoms with Gasteiger partial charge in [0.15, 0.2) is 5.76 Å². The molecule has 27 heavy (non-hydrogen) atoms. The van der Waals surface area contributed by atoms with Gasteiger partial charge in [-0.1, -0.05) is 17.2 Å². The molecule has 0 radical (unpaired) electrons. The molecule has 1 atom stereocenters. The number of carbonyl (C=O) groups excluding carboxylic acids is 2. The first-order valence-corrected chi connectivity index (χ1v) is 7.84. The van der Waals surface area contributed by atoms with Crippen molar-refractivity contribution in [1.29, 1.82) is 0 Å². The molecule has 10 heteroatoms. The summed E-state index contributed by atoms with van der Waals surface area (Å²) in [5.74, 6) is -0.992. The van der Waals surface area contributed by atoms with Gasteiger partial charge in [-0.15, -0.1) is 0 Å². The van der Waals surface area contributed by atoms with Crippen LogP contribution in [0.15, 0.2) is 58.3 Å². The Morgan fingerprint density at radius 3 is 2.70 bits per heavy atom. The molecule has 1 aliphatic heterocycles. The minimum atomic E-state index is -0.830. The largest absolute Gasteiger partial charge is 0.508 e. The summed E-state index contributed by atoms with van der Waals surface area (Å²) in [5.41, 5.74) is 0.556. The van der Waals surface area contributed by atoms with Gasteiger partial charge in [-0.05, 0) is 40.3 Å². The van der Waals surface area contributed by atoms with Gasteiger partial charge in [0.25, 0.3) is 0 Å². The Labute approximate surface area is 152 Å². The number of aromatic hydroxyl groups is 1. The monoisotopic (exact) mass is 367 g/mol. The fraction of sp³-hybridized carbons (Fsp3) is 0.118. The number of aromatic nitrogens is 4. The number of allylic oxidation sites excluding steroid dienone is 1. The second-order valence-corrected chi connectivity index (χ2v) is 5.65. The maximum absolute atomic E-state index is 13.1. The van der Waals surface area contributed by atoms with Gasteiger partial charge in [0.1, 0.15) is 17.5 Å². The summed E-state index contributed by atoms with van der Waals surface area (Å²) in [6.45, 7) is 0. The van der Waals surface area contributed by atoms with Crippen LogP contribution < -0.4 is 5.32 Å². The van der Waals surface area contributed by atoms with E-state index in [0.29, 0.717) is 5.56 Å². The second kappa shape index (κ2) is 6.41. The number of methoxy groups -OCH3 is 1. The molecule has 136 valence electrons. The van der Waals surface area contributed by atoms with Gasteiger partial charge in [-0.25, -0.2) is 4.79 Å². The molecule has 2 N–H and O–H groups in total. The number of fused-ring (bicyclic) bond motifs is 1. The van der Waals surface area contributed by atoms with Crippen LogP contribution in [0.1, 0.15) is 22.2 Å². The van der Waals surface area contributed by atoms with Gasteiger partial charge in [-0.2, -0.15) is 4.68 Å². The van der Waals surface area contributed by atoms with E-state index in [9.17, 15) is 14.7 Å². The van der Waals surface area contributed by atoms with Crippen LogP contribution in [-0.2, 0) is 9.53 Å². The lowest BCUT2D eigenvalue weighted by Gasteiger charge is -2.27. The molecule has 0 unspecified atom stereocenters. The van der Waals surface area contributed by atoms with E-state index in [1.54, 1.807) is 18.2 Å². The molecule has 0 saturated carbocycles. The van der Waals surface area contributed by atoms with Crippen LogP contribution in [0.3, 0.4) is 0 Å². The molecule has 0 aliphatic carbocycles. The van der Waals surface area contributed by atoms with Crippen molar-refractivity contribution in [2.45, 2.75) is 6.04 Å². The number of ether oxygens (including phenoxy) is 1. The van der Waals surface area contributed by atoms with Crippen LogP contribution in [0.25, 0.3) is 0 Å². The van der Waals surface area contributed by atoms with Gasteiger partial charge in [0.05, 0.1) is 18.9 Å². The Morgan fingerprint density at radius 1 is 1.26 bits per heavy atom. The predicted octanol–water partition coefficient (Wildman–Crippen LogP) is 1.30. The van der Waals surface area contributed by atoms with E-state index < -0.39 is 17.8 Å². The minimum Gasteiger partial charge on any atom is -0.508 e. The van der Waals surface area contributed by atoms with Gasteiger partial charge >= 0.3 is 5.97 Å². The zero-order valence-electron chi connectivity index (χ0n) is 14.0. The van der Waals surface area contributed by atoms with Crippen LogP contribution in [-0.4, -0.2) is 44.2 Å². The highest BCUT2D eigenvalue weighted by Gasteiger charge is 2.39. The molecule has 4 rings (SSSR count). The summed E-state index contributed by atoms with van der Waals surface area (Å²) in [7, 11) is 1.21. The minimum absolute atomic E-state index is 0.0495. The molecule has 0 bridgehead atoms. The Balaban J connectivity index is 1.95. The van der Waals surface area contributed by atoms with Crippen molar-refractivity contribution in [3.05, 3.63) is 65.3 Å². The average Bonchev–Trinajstić information content (AvgIpc) is 3.37. The highest BCUT2D eigenvalue weighted by atomic mass is 16.5. The normalized spacial score (nSPS) is 15.8. The molecule has 0 spiro atoms. The number of benzene rings is 1. The molecule has 0 fully saturated rings. The smallest absolute Gasteiger partial charge is 0.355 e. The molecule has 0 amide bonds. The summed E-state index contributed by atoms with van der Waals surface area (Å²) in [6, 6.07) is 8.39. The Bertz CT molecular complexity index is 1040. The molecule has 10 nitrogen and oxygen atoms in total. The van der Waals surface area contributed by atoms with Crippen LogP contribution in [0, 0.1) is 0 Å². The molecule has 3 heterocycles. The zero-order chi connectivity index (χ0) is 19.0. The predicted molar refractivity (Wildman–Crippen MR) is 89.8 cm³/mol. The SMILES string of the molecule is COC(=O)C1=C(C(=O)c2ccco2)[C@@H](c2ccc(O)cc2)n2nnnc2N1. The molecule has 3 aromatic rings. The van der Waals surface area contributed by atoms with Crippen molar-refractivity contribution < 1.29 is 23.8 Å². The van der Waals surface area contributed by atoms with E-state index in [2.05, 4.69) is 20.8 Å². The lowest BCUT2D eigenvalue weighted by atomic mass is 9.91. The summed E-state index contributed by atoms with van der Waals surface area (Å²) in [4.78, 5) is 25.5. The Kier molecular flexibility index (Phi) is 3.92. The van der Waals surface area contributed by atoms with E-state index in [4.69, 9.17) is 9.15 Å². The topological polar surface area (TPSA) is 132 Å². The lowest BCUT2D eigenvalue weighted by Crippen LogP contribution is -2.32. The van der Waals surface area contributed by atoms with Gasteiger partial charge < -0.3 is 19.6 Å². The van der Waals surface area contributed by atoms with Gasteiger partial charge in [0.2, 0.25) is 11.7 Å². The number of esters is 1. The van der Waals surface area contributed by atoms with Crippen LogP contribution >= 0.6 is 0 Å². The summed E-state index contributed by atoms with van der Waals surface area (Å²) in [6.07, 6.45) is 1.36. The maximum atomic E-state index is 13.1. The van der Waals surface area contributed by atoms with E-state index in [-0.39, 0.29) is 28.7 Å². The number of nitrogens with one attached hydrogen (secondary N) is 1. The third kappa shape index (κ3) is 2.72. The van der Waals surface area contributed by atoms with E-state index >= 15 is 0 Å². The third-order valence-corrected chi connectivity index (χ3v) is 4.10. The number of tetrazole rings is 1. The van der Waals surface area contributed by atoms with E-state index in [1.807, 2.05) is 0 Å². The molecule has 1 aliphatic rings. The molecule has 0 saturated heterocycles. The number of phenolic OH excluding ortho intramolecular Hbond substituents is 1. The van der Waals surface area contributed by atoms with Crippen molar-refractivity contribution in [1.82, 2.24) is 20.2 Å². The fourth-order valence-corrected chi connectivity index (χ4v) is 2.89. The first kappa shape index (κ1) is 16.5. The number of hydrogen-bond donors (Lipinski definition) is 2. The number of hydrogen-bond acceptors (Lipinski definition) is 9. The number of nitrogens with zero attached hydrogens (tertiary/aromatic N) is 4. The third-order valence-electron chi connectivity index (χ3n) is 4.10. The summed E-state index contributed by atoms with van der Waals surface area (Å²) < 4.78 is 11.4. The first-order chi connectivity index (χ1) is 13.1. The van der Waals surface area contributed by atoms with E-state index in [1.165, 1.54) is 36.3 Å². The molecule has 1 aromatic carbocycles. The molecule has 2 aromatic heterocycles. The Morgan fingerprint density at radius 2 is 2.04 bits per heavy atom. The van der Waals surface area contributed by atoms with Crippen LogP contribution in [0.2, 0.25) is 0 Å². The number of anilines is 1. The standard InChI is InChI=1S/C17H13N5O5/c1-26-16(25)13-12(15(24)11-3-2-8-27-11)14(9-4-6-10(23)7-5-9)22-17(18-13)19-20-21-22/h2-8,14,23H,1H3,(H,18,19,21)/t14-/m1/s1. The van der Waals surface area contributed by atoms with Crippen molar-refractivity contribution in [3.8, 4) is 5.75 Å². The number of rotatable bonds is 4. The average molecular weight is 367 g/mol. The van der Waals surface area contributed by atoms with Gasteiger partial charge in [-0.3, -0.25) is 4.79 Å². The summed E-state index contributed by atoms with van der Waals surface area (Å²) in [5, 5.41) is 23.7.